The van der Waals surface area contributed by atoms with Gasteiger partial charge in [-0.2, -0.15) is 0 Å². The van der Waals surface area contributed by atoms with E-state index in [1.807, 2.05) is 19.2 Å². The number of nitrogens with one attached hydrogen (secondary N) is 1. The Bertz CT molecular complexity index is 256. The second-order valence-electron chi connectivity index (χ2n) is 3.72. The third-order valence-electron chi connectivity index (χ3n) is 2.30. The zero-order chi connectivity index (χ0) is 10.4. The molecule has 1 rings (SSSR count). The molecule has 0 aromatic heterocycles. The minimum absolute atomic E-state index is 0.674. The quantitative estimate of drug-likeness (QED) is 0.773. The summed E-state index contributed by atoms with van der Waals surface area (Å²) < 4.78 is 5.11. The molecule has 0 spiro atoms. The van der Waals surface area contributed by atoms with E-state index >= 15 is 0 Å². The summed E-state index contributed by atoms with van der Waals surface area (Å²) in [6, 6.07) is 8.29. The van der Waals surface area contributed by atoms with Gasteiger partial charge in [-0.05, 0) is 43.6 Å². The highest BCUT2D eigenvalue weighted by atomic mass is 16.5. The van der Waals surface area contributed by atoms with Gasteiger partial charge >= 0.3 is 0 Å². The summed E-state index contributed by atoms with van der Waals surface area (Å²) in [5.41, 5.74) is 1.37. The van der Waals surface area contributed by atoms with Crippen LogP contribution in [0, 0.1) is 5.92 Å². The van der Waals surface area contributed by atoms with Crippen molar-refractivity contribution in [2.45, 2.75) is 13.3 Å². The van der Waals surface area contributed by atoms with E-state index in [1.54, 1.807) is 7.11 Å². The van der Waals surface area contributed by atoms with Crippen LogP contribution in [0.3, 0.4) is 0 Å². The lowest BCUT2D eigenvalue weighted by Gasteiger charge is -2.10. The van der Waals surface area contributed by atoms with Crippen molar-refractivity contribution in [1.82, 2.24) is 5.32 Å². The first-order valence-corrected chi connectivity index (χ1v) is 5.03. The lowest BCUT2D eigenvalue weighted by molar-refractivity contribution is 0.414. The average Bonchev–Trinajstić information content (AvgIpc) is 2.19. The fourth-order valence-electron chi connectivity index (χ4n) is 1.58. The normalized spacial score (nSPS) is 12.5. The molecule has 0 aliphatic heterocycles. The summed E-state index contributed by atoms with van der Waals surface area (Å²) in [5.74, 6) is 1.60. The van der Waals surface area contributed by atoms with Gasteiger partial charge in [0.2, 0.25) is 0 Å². The van der Waals surface area contributed by atoms with Gasteiger partial charge < -0.3 is 10.1 Å². The first-order valence-electron chi connectivity index (χ1n) is 5.03. The van der Waals surface area contributed by atoms with Crippen molar-refractivity contribution in [1.29, 1.82) is 0 Å². The van der Waals surface area contributed by atoms with Gasteiger partial charge in [0.15, 0.2) is 0 Å². The van der Waals surface area contributed by atoms with Crippen molar-refractivity contribution in [3.63, 3.8) is 0 Å². The standard InChI is InChI=1S/C12H19NO/c1-10(9-13-2)8-11-4-6-12(14-3)7-5-11/h4-7,10,13H,8-9H2,1-3H3/t10-/m0/s1. The van der Waals surface area contributed by atoms with E-state index in [0.29, 0.717) is 5.92 Å². The van der Waals surface area contributed by atoms with Gasteiger partial charge in [0.05, 0.1) is 7.11 Å². The van der Waals surface area contributed by atoms with Crippen LogP contribution in [0.4, 0.5) is 0 Å². The van der Waals surface area contributed by atoms with Crippen molar-refractivity contribution in [3.05, 3.63) is 29.8 Å². The fraction of sp³-hybridized carbons (Fsp3) is 0.500. The third kappa shape index (κ3) is 3.38. The Morgan fingerprint density at radius 2 is 1.93 bits per heavy atom. The Morgan fingerprint density at radius 1 is 1.29 bits per heavy atom. The van der Waals surface area contributed by atoms with Crippen LogP contribution in [0.15, 0.2) is 24.3 Å². The molecule has 0 radical (unpaired) electrons. The molecule has 0 heterocycles. The van der Waals surface area contributed by atoms with Crippen molar-refractivity contribution >= 4 is 0 Å². The van der Waals surface area contributed by atoms with Crippen LogP contribution in [0.1, 0.15) is 12.5 Å². The summed E-state index contributed by atoms with van der Waals surface area (Å²) in [7, 11) is 3.68. The van der Waals surface area contributed by atoms with Crippen LogP contribution in [0.25, 0.3) is 0 Å². The van der Waals surface area contributed by atoms with E-state index < -0.39 is 0 Å². The molecule has 0 amide bonds. The molecule has 0 fully saturated rings. The van der Waals surface area contributed by atoms with Crippen molar-refractivity contribution in [2.24, 2.45) is 5.92 Å². The van der Waals surface area contributed by atoms with Gasteiger partial charge in [-0.3, -0.25) is 0 Å². The topological polar surface area (TPSA) is 21.3 Å². The van der Waals surface area contributed by atoms with Gasteiger partial charge in [0.1, 0.15) is 5.75 Å². The Labute approximate surface area is 86.3 Å². The third-order valence-corrected chi connectivity index (χ3v) is 2.30. The predicted molar refractivity (Wildman–Crippen MR) is 59.8 cm³/mol. The molecule has 1 aromatic carbocycles. The number of hydrogen-bond acceptors (Lipinski definition) is 2. The SMILES string of the molecule is CNC[C@@H](C)Cc1ccc(OC)cc1. The fourth-order valence-corrected chi connectivity index (χ4v) is 1.58. The van der Waals surface area contributed by atoms with E-state index in [1.165, 1.54) is 5.56 Å². The van der Waals surface area contributed by atoms with Gasteiger partial charge in [0.25, 0.3) is 0 Å². The predicted octanol–water partition coefficient (Wildman–Crippen LogP) is 2.09. The van der Waals surface area contributed by atoms with E-state index in [-0.39, 0.29) is 0 Å². The van der Waals surface area contributed by atoms with Gasteiger partial charge in [-0.1, -0.05) is 19.1 Å². The lowest BCUT2D eigenvalue weighted by atomic mass is 10.0. The van der Waals surface area contributed by atoms with E-state index in [9.17, 15) is 0 Å². The number of rotatable bonds is 5. The van der Waals surface area contributed by atoms with Crippen LogP contribution < -0.4 is 10.1 Å². The molecule has 0 aliphatic carbocycles. The van der Waals surface area contributed by atoms with E-state index in [2.05, 4.69) is 24.4 Å². The molecular formula is C12H19NO. The van der Waals surface area contributed by atoms with Crippen LogP contribution in [-0.4, -0.2) is 20.7 Å². The Morgan fingerprint density at radius 3 is 2.43 bits per heavy atom. The van der Waals surface area contributed by atoms with Crippen LogP contribution >= 0.6 is 0 Å². The monoisotopic (exact) mass is 193 g/mol. The Hall–Kier alpha value is -1.02. The van der Waals surface area contributed by atoms with Crippen molar-refractivity contribution in [2.75, 3.05) is 20.7 Å². The molecule has 1 aromatic rings. The van der Waals surface area contributed by atoms with Crippen LogP contribution in [0.5, 0.6) is 5.75 Å². The highest BCUT2D eigenvalue weighted by molar-refractivity contribution is 5.27. The smallest absolute Gasteiger partial charge is 0.118 e. The maximum Gasteiger partial charge on any atom is 0.118 e. The maximum absolute atomic E-state index is 5.11. The summed E-state index contributed by atoms with van der Waals surface area (Å²) in [4.78, 5) is 0. The molecule has 14 heavy (non-hydrogen) atoms. The maximum atomic E-state index is 5.11. The highest BCUT2D eigenvalue weighted by Crippen LogP contribution is 2.14. The molecule has 0 bridgehead atoms. The molecule has 2 nitrogen and oxygen atoms in total. The molecule has 0 saturated heterocycles. The first kappa shape index (κ1) is 11.1. The molecule has 1 atom stereocenters. The summed E-state index contributed by atoms with van der Waals surface area (Å²) >= 11 is 0. The molecule has 0 saturated carbocycles. The number of methoxy groups -OCH3 is 1. The Kier molecular flexibility index (Phi) is 4.47. The number of ether oxygens (including phenoxy) is 1. The van der Waals surface area contributed by atoms with Gasteiger partial charge in [-0.25, -0.2) is 0 Å². The second-order valence-corrected chi connectivity index (χ2v) is 3.72. The van der Waals surface area contributed by atoms with Crippen molar-refractivity contribution in [3.8, 4) is 5.75 Å². The van der Waals surface area contributed by atoms with Crippen LogP contribution in [0.2, 0.25) is 0 Å². The zero-order valence-corrected chi connectivity index (χ0v) is 9.21. The van der Waals surface area contributed by atoms with Gasteiger partial charge in [-0.15, -0.1) is 0 Å². The Balaban J connectivity index is 2.50. The minimum Gasteiger partial charge on any atom is -0.497 e. The molecule has 78 valence electrons. The minimum atomic E-state index is 0.674. The second kappa shape index (κ2) is 5.66. The summed E-state index contributed by atoms with van der Waals surface area (Å²) in [6.45, 7) is 3.31. The van der Waals surface area contributed by atoms with E-state index in [0.717, 1.165) is 18.7 Å². The summed E-state index contributed by atoms with van der Waals surface area (Å²) in [6.07, 6.45) is 1.12. The molecule has 2 heteroatoms. The molecule has 0 unspecified atom stereocenters. The molecule has 1 N–H and O–H groups in total. The van der Waals surface area contributed by atoms with Crippen molar-refractivity contribution < 1.29 is 4.74 Å². The van der Waals surface area contributed by atoms with Gasteiger partial charge in [0, 0.05) is 0 Å². The number of hydrogen-bond donors (Lipinski definition) is 1. The molecule has 0 aliphatic rings. The van der Waals surface area contributed by atoms with E-state index in [4.69, 9.17) is 4.74 Å². The average molecular weight is 193 g/mol. The first-order chi connectivity index (χ1) is 6.76. The largest absolute Gasteiger partial charge is 0.497 e. The number of benzene rings is 1. The highest BCUT2D eigenvalue weighted by Gasteiger charge is 2.02. The van der Waals surface area contributed by atoms with Crippen LogP contribution in [-0.2, 0) is 6.42 Å². The lowest BCUT2D eigenvalue weighted by Crippen LogP contribution is -2.17. The zero-order valence-electron chi connectivity index (χ0n) is 9.21. The summed E-state index contributed by atoms with van der Waals surface area (Å²) in [5, 5.41) is 3.19. The molecular weight excluding hydrogens is 174 g/mol.